The van der Waals surface area contributed by atoms with E-state index in [1.807, 2.05) is 13.8 Å². The van der Waals surface area contributed by atoms with Crippen LogP contribution in [-0.4, -0.2) is 27.7 Å². The van der Waals surface area contributed by atoms with E-state index < -0.39 is 0 Å². The number of hydrogen-bond donors (Lipinski definition) is 2. The molecule has 7 heteroatoms. The predicted molar refractivity (Wildman–Crippen MR) is 84.7 cm³/mol. The zero-order valence-electron chi connectivity index (χ0n) is 11.2. The number of nitrogens with zero attached hydrogens (tertiary/aromatic N) is 1. The molecule has 0 radical (unpaired) electrons. The summed E-state index contributed by atoms with van der Waals surface area (Å²) in [4.78, 5) is 19.2. The number of carbonyl (C=O) groups excluding carboxylic acids is 1. The van der Waals surface area contributed by atoms with Crippen molar-refractivity contribution in [2.75, 3.05) is 5.75 Å². The van der Waals surface area contributed by atoms with Gasteiger partial charge in [0.1, 0.15) is 5.52 Å². The number of benzene rings is 1. The van der Waals surface area contributed by atoms with Crippen LogP contribution in [0, 0.1) is 0 Å². The molecule has 0 bridgehead atoms. The maximum Gasteiger partial charge on any atom is 0.230 e. The van der Waals surface area contributed by atoms with Gasteiger partial charge in [0.2, 0.25) is 5.91 Å². The molecule has 0 spiro atoms. The van der Waals surface area contributed by atoms with E-state index in [2.05, 4.69) is 15.3 Å². The average molecular weight is 332 g/mol. The van der Waals surface area contributed by atoms with E-state index in [1.165, 1.54) is 11.8 Å². The van der Waals surface area contributed by atoms with Gasteiger partial charge in [0.15, 0.2) is 5.16 Å². The van der Waals surface area contributed by atoms with Gasteiger partial charge in [-0.2, -0.15) is 0 Å². The number of carbonyl (C=O) groups is 1. The van der Waals surface area contributed by atoms with E-state index in [4.69, 9.17) is 23.2 Å². The van der Waals surface area contributed by atoms with Gasteiger partial charge in [0.25, 0.3) is 0 Å². The first-order valence-electron chi connectivity index (χ1n) is 6.26. The third-order valence-corrected chi connectivity index (χ3v) is 4.22. The molecule has 0 fully saturated rings. The van der Waals surface area contributed by atoms with Gasteiger partial charge in [-0.25, -0.2) is 4.98 Å². The normalized spacial score (nSPS) is 12.6. The Hall–Kier alpha value is -0.910. The van der Waals surface area contributed by atoms with Crippen LogP contribution in [0.5, 0.6) is 0 Å². The van der Waals surface area contributed by atoms with Gasteiger partial charge in [0.05, 0.1) is 16.3 Å². The Balaban J connectivity index is 2.04. The number of H-pyrrole nitrogens is 1. The Morgan fingerprint density at radius 2 is 2.25 bits per heavy atom. The smallest absolute Gasteiger partial charge is 0.230 e. The number of imidazole rings is 1. The highest BCUT2D eigenvalue weighted by Gasteiger charge is 2.11. The molecule has 0 saturated carbocycles. The maximum atomic E-state index is 11.7. The second-order valence-corrected chi connectivity index (χ2v) is 6.30. The number of aromatic nitrogens is 2. The molecule has 1 amide bonds. The summed E-state index contributed by atoms with van der Waals surface area (Å²) in [6.45, 7) is 4.01. The molecule has 0 saturated heterocycles. The molecular formula is C13H15Cl2N3OS. The number of rotatable bonds is 5. The largest absolute Gasteiger partial charge is 0.353 e. The highest BCUT2D eigenvalue weighted by atomic mass is 35.5. The number of aromatic amines is 1. The molecule has 1 aromatic carbocycles. The number of fused-ring (bicyclic) bond motifs is 1. The Bertz CT molecular complexity index is 629. The standard InChI is InChI=1S/C13H15Cl2N3OS/c1-3-7(2)16-11(19)6-20-13-17-10-5-8(14)4-9(15)12(10)18-13/h4-5,7H,3,6H2,1-2H3,(H,16,19)(H,17,18)/t7-/m1/s1. The van der Waals surface area contributed by atoms with Gasteiger partial charge < -0.3 is 10.3 Å². The van der Waals surface area contributed by atoms with Crippen molar-refractivity contribution >= 4 is 51.9 Å². The summed E-state index contributed by atoms with van der Waals surface area (Å²) in [5.41, 5.74) is 1.44. The van der Waals surface area contributed by atoms with Gasteiger partial charge in [-0.3, -0.25) is 4.79 Å². The third kappa shape index (κ3) is 3.81. The highest BCUT2D eigenvalue weighted by Crippen LogP contribution is 2.28. The summed E-state index contributed by atoms with van der Waals surface area (Å²) in [7, 11) is 0. The summed E-state index contributed by atoms with van der Waals surface area (Å²) in [6.07, 6.45) is 0.912. The molecule has 1 heterocycles. The van der Waals surface area contributed by atoms with Crippen LogP contribution in [0.3, 0.4) is 0 Å². The van der Waals surface area contributed by atoms with Crippen molar-refractivity contribution in [1.82, 2.24) is 15.3 Å². The fourth-order valence-electron chi connectivity index (χ4n) is 1.64. The Kier molecular flexibility index (Phi) is 5.18. The Morgan fingerprint density at radius 3 is 2.95 bits per heavy atom. The van der Waals surface area contributed by atoms with E-state index in [-0.39, 0.29) is 11.9 Å². The lowest BCUT2D eigenvalue weighted by molar-refractivity contribution is -0.119. The lowest BCUT2D eigenvalue weighted by Crippen LogP contribution is -2.33. The minimum atomic E-state index is -0.00562. The van der Waals surface area contributed by atoms with E-state index in [0.717, 1.165) is 11.9 Å². The number of nitrogens with one attached hydrogen (secondary N) is 2. The fourth-order valence-corrected chi connectivity index (χ4v) is 2.87. The van der Waals surface area contributed by atoms with Crippen LogP contribution in [0.1, 0.15) is 20.3 Å². The quantitative estimate of drug-likeness (QED) is 0.817. The Morgan fingerprint density at radius 1 is 1.50 bits per heavy atom. The van der Waals surface area contributed by atoms with Gasteiger partial charge >= 0.3 is 0 Å². The highest BCUT2D eigenvalue weighted by molar-refractivity contribution is 7.99. The third-order valence-electron chi connectivity index (χ3n) is 2.84. The zero-order valence-corrected chi connectivity index (χ0v) is 13.5. The van der Waals surface area contributed by atoms with Crippen molar-refractivity contribution in [2.45, 2.75) is 31.5 Å². The van der Waals surface area contributed by atoms with Gasteiger partial charge in [0, 0.05) is 11.1 Å². The van der Waals surface area contributed by atoms with Crippen molar-refractivity contribution in [3.63, 3.8) is 0 Å². The number of halogens is 2. The second-order valence-electron chi connectivity index (χ2n) is 4.49. The molecule has 2 aromatic rings. The summed E-state index contributed by atoms with van der Waals surface area (Å²) < 4.78 is 0. The van der Waals surface area contributed by atoms with Gasteiger partial charge in [-0.05, 0) is 25.5 Å². The molecule has 4 nitrogen and oxygen atoms in total. The molecule has 1 aromatic heterocycles. The van der Waals surface area contributed by atoms with Crippen LogP contribution in [0.4, 0.5) is 0 Å². The SMILES string of the molecule is CC[C@@H](C)NC(=O)CSc1nc2c(Cl)cc(Cl)cc2[nH]1. The van der Waals surface area contributed by atoms with Crippen LogP contribution in [0.25, 0.3) is 11.0 Å². The average Bonchev–Trinajstić information content (AvgIpc) is 2.79. The van der Waals surface area contributed by atoms with Gasteiger partial charge in [-0.15, -0.1) is 0 Å². The molecule has 0 aliphatic rings. The van der Waals surface area contributed by atoms with Crippen LogP contribution in [0.2, 0.25) is 10.0 Å². The van der Waals surface area contributed by atoms with E-state index >= 15 is 0 Å². The van der Waals surface area contributed by atoms with Crippen molar-refractivity contribution in [3.05, 3.63) is 22.2 Å². The van der Waals surface area contributed by atoms with E-state index in [0.29, 0.717) is 26.5 Å². The minimum absolute atomic E-state index is 0.00562. The lowest BCUT2D eigenvalue weighted by atomic mass is 10.3. The Labute approximate surface area is 131 Å². The second kappa shape index (κ2) is 6.70. The predicted octanol–water partition coefficient (Wildman–Crippen LogP) is 3.88. The monoisotopic (exact) mass is 331 g/mol. The minimum Gasteiger partial charge on any atom is -0.353 e. The summed E-state index contributed by atoms with van der Waals surface area (Å²) >= 11 is 13.3. The first kappa shape index (κ1) is 15.5. The summed E-state index contributed by atoms with van der Waals surface area (Å²) in [5, 5.41) is 4.61. The molecule has 1 atom stereocenters. The number of hydrogen-bond acceptors (Lipinski definition) is 3. The van der Waals surface area contributed by atoms with Crippen molar-refractivity contribution in [2.24, 2.45) is 0 Å². The molecule has 0 unspecified atom stereocenters. The molecular weight excluding hydrogens is 317 g/mol. The van der Waals surface area contributed by atoms with Gasteiger partial charge in [-0.1, -0.05) is 41.9 Å². The summed E-state index contributed by atoms with van der Waals surface area (Å²) in [6, 6.07) is 3.60. The van der Waals surface area contributed by atoms with E-state index in [9.17, 15) is 4.79 Å². The molecule has 2 rings (SSSR count). The first-order chi connectivity index (χ1) is 9.49. The molecule has 108 valence electrons. The van der Waals surface area contributed by atoms with Crippen molar-refractivity contribution in [3.8, 4) is 0 Å². The molecule has 2 N–H and O–H groups in total. The first-order valence-corrected chi connectivity index (χ1v) is 8.00. The topological polar surface area (TPSA) is 57.8 Å². The van der Waals surface area contributed by atoms with E-state index in [1.54, 1.807) is 12.1 Å². The van der Waals surface area contributed by atoms with Crippen LogP contribution >= 0.6 is 35.0 Å². The number of thioether (sulfide) groups is 1. The zero-order chi connectivity index (χ0) is 14.7. The molecule has 0 aliphatic heterocycles. The van der Waals surface area contributed by atoms with Crippen LogP contribution in [-0.2, 0) is 4.79 Å². The van der Waals surface area contributed by atoms with Crippen LogP contribution in [0.15, 0.2) is 17.3 Å². The maximum absolute atomic E-state index is 11.7. The summed E-state index contributed by atoms with van der Waals surface area (Å²) in [5.74, 6) is 0.309. The van der Waals surface area contributed by atoms with Crippen molar-refractivity contribution in [1.29, 1.82) is 0 Å². The number of amides is 1. The molecule has 20 heavy (non-hydrogen) atoms. The van der Waals surface area contributed by atoms with Crippen LogP contribution < -0.4 is 5.32 Å². The molecule has 0 aliphatic carbocycles. The fraction of sp³-hybridized carbons (Fsp3) is 0.385. The van der Waals surface area contributed by atoms with Crippen molar-refractivity contribution < 1.29 is 4.79 Å². The lowest BCUT2D eigenvalue weighted by Gasteiger charge is -2.10.